The fourth-order valence-corrected chi connectivity index (χ4v) is 5.54. The fraction of sp³-hybridized carbons (Fsp3) is 0.889. The molecule has 0 heterocycles. The quantitative estimate of drug-likeness (QED) is 0.538. The van der Waals surface area contributed by atoms with Gasteiger partial charge >= 0.3 is 0 Å². The van der Waals surface area contributed by atoms with E-state index in [2.05, 4.69) is 18.8 Å². The van der Waals surface area contributed by atoms with Crippen LogP contribution in [0.15, 0.2) is 12.7 Å². The van der Waals surface area contributed by atoms with Gasteiger partial charge in [-0.1, -0.05) is 6.08 Å². The monoisotopic (exact) mass is 277 g/mol. The van der Waals surface area contributed by atoms with E-state index in [9.17, 15) is 0 Å². The summed E-state index contributed by atoms with van der Waals surface area (Å²) in [5.41, 5.74) is 0.621. The summed E-state index contributed by atoms with van der Waals surface area (Å²) >= 11 is 0. The van der Waals surface area contributed by atoms with Gasteiger partial charge in [-0.2, -0.15) is 0 Å². The van der Waals surface area contributed by atoms with E-state index in [1.165, 1.54) is 38.5 Å². The second kappa shape index (κ2) is 6.19. The van der Waals surface area contributed by atoms with Crippen LogP contribution in [0.4, 0.5) is 0 Å². The molecule has 4 rings (SSSR count). The van der Waals surface area contributed by atoms with Crippen molar-refractivity contribution in [2.75, 3.05) is 19.8 Å². The first-order chi connectivity index (χ1) is 9.72. The first-order valence-corrected chi connectivity index (χ1v) is 8.64. The maximum absolute atomic E-state index is 5.61. The van der Waals surface area contributed by atoms with Crippen molar-refractivity contribution in [3.05, 3.63) is 12.7 Å². The van der Waals surface area contributed by atoms with Crippen LogP contribution in [0.5, 0.6) is 0 Å². The van der Waals surface area contributed by atoms with Gasteiger partial charge in [0.25, 0.3) is 0 Å². The van der Waals surface area contributed by atoms with Gasteiger partial charge in [-0.25, -0.2) is 0 Å². The smallest absolute Gasteiger partial charge is 0.0591 e. The second-order valence-corrected chi connectivity index (χ2v) is 7.65. The summed E-state index contributed by atoms with van der Waals surface area (Å²) in [6, 6.07) is 0.666. The molecule has 4 fully saturated rings. The lowest BCUT2D eigenvalue weighted by Crippen LogP contribution is -2.55. The number of rotatable bonds is 8. The molecule has 0 spiro atoms. The van der Waals surface area contributed by atoms with Gasteiger partial charge in [0.2, 0.25) is 0 Å². The second-order valence-electron chi connectivity index (χ2n) is 7.65. The average molecular weight is 277 g/mol. The lowest BCUT2D eigenvalue weighted by molar-refractivity contribution is -0.0710. The van der Waals surface area contributed by atoms with Crippen molar-refractivity contribution >= 4 is 0 Å². The Kier molecular flexibility index (Phi) is 4.52. The number of ether oxygens (including phenoxy) is 1. The van der Waals surface area contributed by atoms with Crippen molar-refractivity contribution in [1.29, 1.82) is 0 Å². The van der Waals surface area contributed by atoms with Crippen LogP contribution in [0.25, 0.3) is 0 Å². The molecule has 0 aromatic rings. The molecule has 2 heteroatoms. The molecule has 4 aliphatic rings. The third kappa shape index (κ3) is 2.96. The van der Waals surface area contributed by atoms with Crippen LogP contribution in [-0.2, 0) is 4.74 Å². The third-order valence-electron chi connectivity index (χ3n) is 6.17. The maximum atomic E-state index is 5.61. The molecule has 4 saturated carbocycles. The third-order valence-corrected chi connectivity index (χ3v) is 6.17. The minimum absolute atomic E-state index is 0.621. The largest absolute Gasteiger partial charge is 0.380 e. The summed E-state index contributed by atoms with van der Waals surface area (Å²) in [7, 11) is 0. The SMILES string of the molecule is C=CCCOCCNC(C)C12CC3CC(CC(C3)C1)C2. The van der Waals surface area contributed by atoms with Crippen LogP contribution in [-0.4, -0.2) is 25.8 Å². The van der Waals surface area contributed by atoms with Gasteiger partial charge in [0, 0.05) is 12.6 Å². The fourth-order valence-electron chi connectivity index (χ4n) is 5.54. The Morgan fingerprint density at radius 2 is 1.75 bits per heavy atom. The van der Waals surface area contributed by atoms with Gasteiger partial charge in [0.15, 0.2) is 0 Å². The first kappa shape index (κ1) is 14.6. The number of nitrogens with one attached hydrogen (secondary N) is 1. The Morgan fingerprint density at radius 3 is 2.30 bits per heavy atom. The van der Waals surface area contributed by atoms with Crippen LogP contribution in [0, 0.1) is 23.2 Å². The molecular formula is C18H31NO. The van der Waals surface area contributed by atoms with Gasteiger partial charge in [0.05, 0.1) is 13.2 Å². The molecule has 2 nitrogen and oxygen atoms in total. The van der Waals surface area contributed by atoms with Crippen LogP contribution < -0.4 is 5.32 Å². The van der Waals surface area contributed by atoms with E-state index in [1.807, 2.05) is 6.08 Å². The Labute approximate surface area is 124 Å². The minimum atomic E-state index is 0.621. The van der Waals surface area contributed by atoms with Crippen LogP contribution in [0.3, 0.4) is 0 Å². The maximum Gasteiger partial charge on any atom is 0.0591 e. The Morgan fingerprint density at radius 1 is 1.15 bits per heavy atom. The lowest BCUT2D eigenvalue weighted by Gasteiger charge is -2.59. The molecule has 1 atom stereocenters. The topological polar surface area (TPSA) is 21.3 Å². The van der Waals surface area contributed by atoms with Gasteiger partial charge < -0.3 is 10.1 Å². The molecule has 20 heavy (non-hydrogen) atoms. The summed E-state index contributed by atoms with van der Waals surface area (Å²) in [6.07, 6.45) is 12.0. The van der Waals surface area contributed by atoms with Gasteiger partial charge in [-0.05, 0) is 75.0 Å². The lowest BCUT2D eigenvalue weighted by atomic mass is 9.48. The van der Waals surface area contributed by atoms with Crippen molar-refractivity contribution in [3.8, 4) is 0 Å². The van der Waals surface area contributed by atoms with Gasteiger partial charge in [-0.15, -0.1) is 6.58 Å². The van der Waals surface area contributed by atoms with E-state index in [0.717, 1.165) is 43.9 Å². The summed E-state index contributed by atoms with van der Waals surface area (Å²) in [4.78, 5) is 0. The zero-order chi connectivity index (χ0) is 14.0. The Balaban J connectivity index is 1.45. The summed E-state index contributed by atoms with van der Waals surface area (Å²) < 4.78 is 5.61. The predicted molar refractivity (Wildman–Crippen MR) is 83.7 cm³/mol. The van der Waals surface area contributed by atoms with E-state index in [0.29, 0.717) is 11.5 Å². The van der Waals surface area contributed by atoms with Crippen molar-refractivity contribution in [2.24, 2.45) is 23.2 Å². The molecule has 0 aromatic carbocycles. The van der Waals surface area contributed by atoms with Crippen molar-refractivity contribution < 1.29 is 4.74 Å². The molecule has 0 aromatic heterocycles. The molecule has 0 saturated heterocycles. The predicted octanol–water partition coefficient (Wildman–Crippen LogP) is 3.77. The van der Waals surface area contributed by atoms with Crippen molar-refractivity contribution in [2.45, 2.75) is 57.9 Å². The van der Waals surface area contributed by atoms with Gasteiger partial charge in [-0.3, -0.25) is 0 Å². The summed E-state index contributed by atoms with van der Waals surface area (Å²) in [6.45, 7) is 8.80. The highest BCUT2D eigenvalue weighted by atomic mass is 16.5. The molecule has 1 unspecified atom stereocenters. The van der Waals surface area contributed by atoms with Crippen molar-refractivity contribution in [1.82, 2.24) is 5.32 Å². The van der Waals surface area contributed by atoms with Crippen molar-refractivity contribution in [3.63, 3.8) is 0 Å². The summed E-state index contributed by atoms with van der Waals surface area (Å²) in [5, 5.41) is 3.77. The minimum Gasteiger partial charge on any atom is -0.380 e. The summed E-state index contributed by atoms with van der Waals surface area (Å²) in [5.74, 6) is 3.15. The molecule has 0 radical (unpaired) electrons. The van der Waals surface area contributed by atoms with Gasteiger partial charge in [0.1, 0.15) is 0 Å². The zero-order valence-corrected chi connectivity index (χ0v) is 13.1. The number of hydrogen-bond donors (Lipinski definition) is 1. The molecular weight excluding hydrogens is 246 g/mol. The van der Waals surface area contributed by atoms with Crippen LogP contribution >= 0.6 is 0 Å². The molecule has 4 aliphatic carbocycles. The van der Waals surface area contributed by atoms with E-state index < -0.39 is 0 Å². The highest BCUT2D eigenvalue weighted by Gasteiger charge is 2.52. The highest BCUT2D eigenvalue weighted by Crippen LogP contribution is 2.61. The molecule has 4 bridgehead atoms. The Hall–Kier alpha value is -0.340. The van der Waals surface area contributed by atoms with E-state index >= 15 is 0 Å². The highest BCUT2D eigenvalue weighted by molar-refractivity contribution is 5.05. The average Bonchev–Trinajstić information content (AvgIpc) is 2.41. The zero-order valence-electron chi connectivity index (χ0n) is 13.1. The number of hydrogen-bond acceptors (Lipinski definition) is 2. The Bertz CT molecular complexity index is 303. The van der Waals surface area contributed by atoms with Crippen LogP contribution in [0.2, 0.25) is 0 Å². The molecule has 0 amide bonds. The molecule has 114 valence electrons. The van der Waals surface area contributed by atoms with E-state index in [4.69, 9.17) is 4.74 Å². The first-order valence-electron chi connectivity index (χ1n) is 8.64. The van der Waals surface area contributed by atoms with Crippen LogP contribution in [0.1, 0.15) is 51.9 Å². The standard InChI is InChI=1S/C18H31NO/c1-3-4-6-20-7-5-19-14(2)18-11-15-8-16(12-18)10-17(9-15)13-18/h3,14-17,19H,1,4-13H2,2H3. The van der Waals surface area contributed by atoms with E-state index in [1.54, 1.807) is 0 Å². The normalized spacial score (nSPS) is 40.0. The van der Waals surface area contributed by atoms with E-state index in [-0.39, 0.29) is 0 Å². The molecule has 1 N–H and O–H groups in total. The molecule has 0 aliphatic heterocycles.